The molecule has 1 aromatic carbocycles. The predicted octanol–water partition coefficient (Wildman–Crippen LogP) is 1.78. The van der Waals surface area contributed by atoms with E-state index < -0.39 is 0 Å². The zero-order valence-electron chi connectivity index (χ0n) is 8.84. The van der Waals surface area contributed by atoms with Crippen LogP contribution >= 0.6 is 11.6 Å². The zero-order valence-corrected chi connectivity index (χ0v) is 9.59. The summed E-state index contributed by atoms with van der Waals surface area (Å²) in [5.74, 6) is -0.217. The highest BCUT2D eigenvalue weighted by molar-refractivity contribution is 6.33. The number of nitrogens with zero attached hydrogens (tertiary/aromatic N) is 2. The first kappa shape index (κ1) is 11.5. The third-order valence-electron chi connectivity index (χ3n) is 2.28. The van der Waals surface area contributed by atoms with Gasteiger partial charge in [0.1, 0.15) is 0 Å². The summed E-state index contributed by atoms with van der Waals surface area (Å²) in [4.78, 5) is 27.1. The Balaban J connectivity index is 2.27. The maximum Gasteiger partial charge on any atom is 0.253 e. The molecule has 2 rings (SSSR count). The van der Waals surface area contributed by atoms with Crippen LogP contribution in [0.15, 0.2) is 47.7 Å². The van der Waals surface area contributed by atoms with E-state index in [0.29, 0.717) is 10.6 Å². The number of benzene rings is 1. The Bertz CT molecular complexity index is 607. The zero-order chi connectivity index (χ0) is 12.3. The molecule has 1 aromatic heterocycles. The van der Waals surface area contributed by atoms with E-state index in [1.54, 1.807) is 24.3 Å². The highest BCUT2D eigenvalue weighted by Gasteiger charge is 2.10. The number of rotatable bonds is 3. The van der Waals surface area contributed by atoms with Gasteiger partial charge in [-0.15, -0.1) is 0 Å². The largest absolute Gasteiger partial charge is 0.292 e. The van der Waals surface area contributed by atoms with E-state index in [0.717, 1.165) is 0 Å². The van der Waals surface area contributed by atoms with Crippen molar-refractivity contribution >= 4 is 17.4 Å². The van der Waals surface area contributed by atoms with Gasteiger partial charge in [0.2, 0.25) is 0 Å². The lowest BCUT2D eigenvalue weighted by molar-refractivity contribution is 0.0970. The molecule has 17 heavy (non-hydrogen) atoms. The van der Waals surface area contributed by atoms with Crippen molar-refractivity contribution < 1.29 is 4.79 Å². The third kappa shape index (κ3) is 2.60. The molecule has 86 valence electrons. The standard InChI is InChI=1S/C12H9ClN2O2/c13-10-4-2-1-3-9(10)11(16)7-15-8-14-6-5-12(15)17/h1-6,8H,7H2. The van der Waals surface area contributed by atoms with Gasteiger partial charge >= 0.3 is 0 Å². The van der Waals surface area contributed by atoms with Crippen molar-refractivity contribution in [1.82, 2.24) is 9.55 Å². The van der Waals surface area contributed by atoms with Gasteiger partial charge in [-0.2, -0.15) is 0 Å². The molecule has 0 saturated heterocycles. The minimum absolute atomic E-state index is 0.0591. The van der Waals surface area contributed by atoms with Crippen LogP contribution in [0.5, 0.6) is 0 Å². The fraction of sp³-hybridized carbons (Fsp3) is 0.0833. The van der Waals surface area contributed by atoms with Crippen LogP contribution in [0, 0.1) is 0 Å². The number of hydrogen-bond donors (Lipinski definition) is 0. The summed E-state index contributed by atoms with van der Waals surface area (Å²) in [7, 11) is 0. The molecule has 0 fully saturated rings. The Morgan fingerprint density at radius 1 is 1.29 bits per heavy atom. The van der Waals surface area contributed by atoms with Crippen LogP contribution in [0.2, 0.25) is 5.02 Å². The summed E-state index contributed by atoms with van der Waals surface area (Å²) in [5, 5.41) is 0.384. The van der Waals surface area contributed by atoms with Crippen LogP contribution in [0.4, 0.5) is 0 Å². The predicted molar refractivity (Wildman–Crippen MR) is 64.3 cm³/mol. The maximum absolute atomic E-state index is 11.9. The van der Waals surface area contributed by atoms with E-state index in [-0.39, 0.29) is 17.9 Å². The molecule has 0 spiro atoms. The van der Waals surface area contributed by atoms with Crippen LogP contribution in [0.25, 0.3) is 0 Å². The van der Waals surface area contributed by atoms with Gasteiger partial charge in [0.15, 0.2) is 5.78 Å². The number of carbonyl (C=O) groups is 1. The second-order valence-electron chi connectivity index (χ2n) is 3.45. The Kier molecular flexibility index (Phi) is 3.35. The summed E-state index contributed by atoms with van der Waals surface area (Å²) in [6, 6.07) is 8.05. The van der Waals surface area contributed by atoms with E-state index in [2.05, 4.69) is 4.98 Å². The lowest BCUT2D eigenvalue weighted by atomic mass is 10.1. The quantitative estimate of drug-likeness (QED) is 0.778. The average Bonchev–Trinajstić information content (AvgIpc) is 2.32. The normalized spacial score (nSPS) is 10.2. The molecule has 0 radical (unpaired) electrons. The summed E-state index contributed by atoms with van der Waals surface area (Å²) in [5.41, 5.74) is 0.144. The highest BCUT2D eigenvalue weighted by Crippen LogP contribution is 2.15. The Hall–Kier alpha value is -1.94. The molecule has 0 N–H and O–H groups in total. The summed E-state index contributed by atoms with van der Waals surface area (Å²) < 4.78 is 1.24. The van der Waals surface area contributed by atoms with E-state index in [9.17, 15) is 9.59 Å². The first-order valence-corrected chi connectivity index (χ1v) is 5.34. The van der Waals surface area contributed by atoms with Crippen LogP contribution in [-0.2, 0) is 6.54 Å². The fourth-order valence-corrected chi connectivity index (χ4v) is 1.67. The monoisotopic (exact) mass is 248 g/mol. The Morgan fingerprint density at radius 2 is 2.06 bits per heavy atom. The number of halogens is 1. The number of hydrogen-bond acceptors (Lipinski definition) is 3. The van der Waals surface area contributed by atoms with Gasteiger partial charge in [0.25, 0.3) is 5.56 Å². The van der Waals surface area contributed by atoms with Crippen molar-refractivity contribution in [2.75, 3.05) is 0 Å². The molecular weight excluding hydrogens is 240 g/mol. The summed E-state index contributed by atoms with van der Waals surface area (Å²) in [6.45, 7) is -0.0591. The van der Waals surface area contributed by atoms with E-state index in [1.165, 1.54) is 23.2 Å². The molecule has 0 amide bonds. The van der Waals surface area contributed by atoms with E-state index in [4.69, 9.17) is 11.6 Å². The van der Waals surface area contributed by atoms with Gasteiger partial charge in [0.05, 0.1) is 17.9 Å². The minimum atomic E-state index is -0.264. The molecular formula is C12H9ClN2O2. The van der Waals surface area contributed by atoms with Crippen molar-refractivity contribution in [3.8, 4) is 0 Å². The van der Waals surface area contributed by atoms with Gasteiger partial charge in [-0.1, -0.05) is 23.7 Å². The van der Waals surface area contributed by atoms with Gasteiger partial charge in [0, 0.05) is 17.8 Å². The summed E-state index contributed by atoms with van der Waals surface area (Å²) in [6.07, 6.45) is 2.72. The highest BCUT2D eigenvalue weighted by atomic mass is 35.5. The molecule has 1 heterocycles. The van der Waals surface area contributed by atoms with E-state index >= 15 is 0 Å². The second kappa shape index (κ2) is 4.93. The van der Waals surface area contributed by atoms with Crippen molar-refractivity contribution in [2.24, 2.45) is 0 Å². The number of ketones is 1. The fourth-order valence-electron chi connectivity index (χ4n) is 1.42. The molecule has 5 heteroatoms. The Morgan fingerprint density at radius 3 is 2.76 bits per heavy atom. The molecule has 4 nitrogen and oxygen atoms in total. The first-order valence-electron chi connectivity index (χ1n) is 4.96. The van der Waals surface area contributed by atoms with Crippen molar-refractivity contribution in [2.45, 2.75) is 6.54 Å². The molecule has 0 saturated carbocycles. The molecule has 0 bridgehead atoms. The van der Waals surface area contributed by atoms with Crippen LogP contribution in [-0.4, -0.2) is 15.3 Å². The second-order valence-corrected chi connectivity index (χ2v) is 3.86. The minimum Gasteiger partial charge on any atom is -0.292 e. The molecule has 0 aliphatic rings. The molecule has 0 atom stereocenters. The van der Waals surface area contributed by atoms with Crippen molar-refractivity contribution in [3.05, 3.63) is 63.8 Å². The molecule has 0 unspecified atom stereocenters. The average molecular weight is 249 g/mol. The SMILES string of the molecule is O=C(Cn1cnccc1=O)c1ccccc1Cl. The Labute approximate surface area is 102 Å². The number of aromatic nitrogens is 2. The van der Waals surface area contributed by atoms with E-state index in [1.807, 2.05) is 0 Å². The van der Waals surface area contributed by atoms with Gasteiger partial charge < -0.3 is 0 Å². The smallest absolute Gasteiger partial charge is 0.253 e. The summed E-state index contributed by atoms with van der Waals surface area (Å²) >= 11 is 5.90. The third-order valence-corrected chi connectivity index (χ3v) is 2.61. The van der Waals surface area contributed by atoms with Gasteiger partial charge in [-0.3, -0.25) is 14.2 Å². The van der Waals surface area contributed by atoms with Crippen LogP contribution in [0.3, 0.4) is 0 Å². The van der Waals surface area contributed by atoms with Crippen LogP contribution in [0.1, 0.15) is 10.4 Å². The molecule has 0 aliphatic heterocycles. The van der Waals surface area contributed by atoms with Gasteiger partial charge in [-0.05, 0) is 12.1 Å². The van der Waals surface area contributed by atoms with Crippen LogP contribution < -0.4 is 5.56 Å². The topological polar surface area (TPSA) is 52.0 Å². The molecule has 2 aromatic rings. The van der Waals surface area contributed by atoms with Gasteiger partial charge in [-0.25, -0.2) is 4.98 Å². The number of carbonyl (C=O) groups excluding carboxylic acids is 1. The lowest BCUT2D eigenvalue weighted by Crippen LogP contribution is -2.23. The molecule has 0 aliphatic carbocycles. The lowest BCUT2D eigenvalue weighted by Gasteiger charge is -2.05. The first-order chi connectivity index (χ1) is 8.18. The van der Waals surface area contributed by atoms with Crippen molar-refractivity contribution in [3.63, 3.8) is 0 Å². The maximum atomic E-state index is 11.9. The number of Topliss-reactive ketones (excluding diaryl/α,β-unsaturated/α-hetero) is 1. The van der Waals surface area contributed by atoms with Crippen molar-refractivity contribution in [1.29, 1.82) is 0 Å².